The van der Waals surface area contributed by atoms with Crippen molar-refractivity contribution in [2.75, 3.05) is 37.7 Å². The molecule has 0 amide bonds. The van der Waals surface area contributed by atoms with Gasteiger partial charge in [-0.05, 0) is 6.92 Å². The second-order valence-electron chi connectivity index (χ2n) is 6.82. The van der Waals surface area contributed by atoms with E-state index in [0.29, 0.717) is 12.4 Å². The maximum absolute atomic E-state index is 13.0. The number of hydrogen-bond acceptors (Lipinski definition) is 7. The topological polar surface area (TPSA) is 103 Å². The molecule has 28 heavy (non-hydrogen) atoms. The molecule has 0 radical (unpaired) electrons. The lowest BCUT2D eigenvalue weighted by Gasteiger charge is -2.28. The van der Waals surface area contributed by atoms with Gasteiger partial charge in [-0.25, -0.2) is 9.59 Å². The summed E-state index contributed by atoms with van der Waals surface area (Å²) in [6.45, 7) is 5.27. The highest BCUT2D eigenvalue weighted by atomic mass is 16.5. The van der Waals surface area contributed by atoms with Crippen molar-refractivity contribution in [1.29, 1.82) is 0 Å². The molecule has 0 saturated carbocycles. The van der Waals surface area contributed by atoms with Crippen molar-refractivity contribution in [3.8, 4) is 11.8 Å². The van der Waals surface area contributed by atoms with Crippen molar-refractivity contribution in [1.82, 2.24) is 24.0 Å². The van der Waals surface area contributed by atoms with Crippen LogP contribution in [0.25, 0.3) is 11.2 Å². The van der Waals surface area contributed by atoms with Crippen LogP contribution in [-0.4, -0.2) is 57.4 Å². The molecule has 0 bridgehead atoms. The van der Waals surface area contributed by atoms with Crippen molar-refractivity contribution in [2.24, 2.45) is 7.05 Å². The Labute approximate surface area is 160 Å². The second-order valence-corrected chi connectivity index (χ2v) is 6.82. The van der Waals surface area contributed by atoms with Crippen LogP contribution in [0.5, 0.6) is 0 Å². The van der Waals surface area contributed by atoms with Crippen molar-refractivity contribution in [3.63, 3.8) is 0 Å². The van der Waals surface area contributed by atoms with Crippen LogP contribution in [0.3, 0.4) is 0 Å². The summed E-state index contributed by atoms with van der Waals surface area (Å²) in [4.78, 5) is 44.8. The first-order valence-electron chi connectivity index (χ1n) is 9.28. The molecule has 1 unspecified atom stereocenters. The number of nitrogens with one attached hydrogen (secondary N) is 1. The lowest BCUT2D eigenvalue weighted by atomic mass is 10.2. The number of fused-ring (bicyclic) bond motifs is 1. The van der Waals surface area contributed by atoms with Crippen molar-refractivity contribution in [2.45, 2.75) is 25.9 Å². The summed E-state index contributed by atoms with van der Waals surface area (Å²) in [6, 6.07) is -0.779. The number of esters is 1. The third-order valence-corrected chi connectivity index (χ3v) is 5.19. The first-order valence-corrected chi connectivity index (χ1v) is 9.28. The third-order valence-electron chi connectivity index (χ3n) is 5.19. The summed E-state index contributed by atoms with van der Waals surface area (Å²) in [5.74, 6) is 5.93. The van der Waals surface area contributed by atoms with Gasteiger partial charge in [0.05, 0.1) is 13.2 Å². The molecule has 2 aromatic rings. The molecule has 10 heteroatoms. The minimum atomic E-state index is -0.779. The maximum atomic E-state index is 13.0. The van der Waals surface area contributed by atoms with E-state index in [2.05, 4.69) is 27.0 Å². The Morgan fingerprint density at radius 3 is 2.64 bits per heavy atom. The van der Waals surface area contributed by atoms with Crippen LogP contribution < -0.4 is 21.5 Å². The molecule has 2 aliphatic heterocycles. The molecule has 4 rings (SSSR count). The van der Waals surface area contributed by atoms with Crippen LogP contribution in [0.4, 0.5) is 5.95 Å². The number of cyclic esters (lactones) is 1. The summed E-state index contributed by atoms with van der Waals surface area (Å²) >= 11 is 0. The van der Waals surface area contributed by atoms with Gasteiger partial charge >= 0.3 is 11.7 Å². The number of imidazole rings is 1. The molecule has 148 valence electrons. The fraction of sp³-hybridized carbons (Fsp3) is 0.556. The molecule has 4 heterocycles. The molecule has 2 fully saturated rings. The van der Waals surface area contributed by atoms with Crippen LogP contribution in [-0.2, 0) is 23.1 Å². The quantitative estimate of drug-likeness (QED) is 0.523. The van der Waals surface area contributed by atoms with Crippen LogP contribution in [0, 0.1) is 11.8 Å². The van der Waals surface area contributed by atoms with Crippen molar-refractivity contribution in [3.05, 3.63) is 20.8 Å². The number of nitrogens with zero attached hydrogens (tertiary/aromatic N) is 5. The van der Waals surface area contributed by atoms with Gasteiger partial charge in [-0.2, -0.15) is 4.98 Å². The molecule has 1 atom stereocenters. The normalized spacial score (nSPS) is 19.6. The van der Waals surface area contributed by atoms with Crippen LogP contribution in [0.1, 0.15) is 19.4 Å². The average Bonchev–Trinajstić information content (AvgIpc) is 3.29. The zero-order valence-corrected chi connectivity index (χ0v) is 15.9. The Kier molecular flexibility index (Phi) is 4.68. The summed E-state index contributed by atoms with van der Waals surface area (Å²) < 4.78 is 9.12. The van der Waals surface area contributed by atoms with E-state index in [4.69, 9.17) is 4.74 Å². The predicted octanol–water partition coefficient (Wildman–Crippen LogP) is -1.18. The molecule has 2 aromatic heterocycles. The van der Waals surface area contributed by atoms with E-state index in [1.165, 1.54) is 11.6 Å². The molecule has 0 aliphatic carbocycles. The van der Waals surface area contributed by atoms with Crippen LogP contribution in [0.2, 0.25) is 0 Å². The predicted molar refractivity (Wildman–Crippen MR) is 102 cm³/mol. The van der Waals surface area contributed by atoms with Gasteiger partial charge in [-0.3, -0.25) is 18.5 Å². The molecule has 2 aliphatic rings. The maximum Gasteiger partial charge on any atom is 0.333 e. The molecule has 2 saturated heterocycles. The number of anilines is 1. The summed E-state index contributed by atoms with van der Waals surface area (Å²) in [7, 11) is 1.41. The van der Waals surface area contributed by atoms with Gasteiger partial charge in [-0.15, -0.1) is 5.92 Å². The van der Waals surface area contributed by atoms with E-state index in [0.717, 1.165) is 30.7 Å². The number of carbonyl (C=O) groups is 1. The van der Waals surface area contributed by atoms with Crippen LogP contribution >= 0.6 is 0 Å². The van der Waals surface area contributed by atoms with Gasteiger partial charge in [0.15, 0.2) is 11.2 Å². The number of piperazine rings is 1. The van der Waals surface area contributed by atoms with Gasteiger partial charge in [0.2, 0.25) is 5.95 Å². The van der Waals surface area contributed by atoms with E-state index in [-0.39, 0.29) is 24.3 Å². The summed E-state index contributed by atoms with van der Waals surface area (Å²) in [5, 5.41) is 3.28. The summed E-state index contributed by atoms with van der Waals surface area (Å²) in [5.41, 5.74) is -0.532. The first kappa shape index (κ1) is 18.3. The summed E-state index contributed by atoms with van der Waals surface area (Å²) in [6.07, 6.45) is 0.372. The van der Waals surface area contributed by atoms with E-state index in [1.54, 1.807) is 11.5 Å². The Balaban J connectivity index is 2.03. The molecule has 0 aromatic carbocycles. The lowest BCUT2D eigenvalue weighted by Crippen LogP contribution is -2.44. The van der Waals surface area contributed by atoms with Crippen molar-refractivity contribution < 1.29 is 9.53 Å². The highest BCUT2D eigenvalue weighted by Gasteiger charge is 2.34. The van der Waals surface area contributed by atoms with E-state index in [1.807, 2.05) is 0 Å². The molecule has 0 spiro atoms. The Hall–Kier alpha value is -3.06. The Morgan fingerprint density at radius 1 is 1.25 bits per heavy atom. The molecule has 10 nitrogen and oxygen atoms in total. The molecular weight excluding hydrogens is 364 g/mol. The number of ether oxygens (including phenoxy) is 1. The minimum Gasteiger partial charge on any atom is -0.464 e. The minimum absolute atomic E-state index is 0.211. The second kappa shape index (κ2) is 7.16. The average molecular weight is 386 g/mol. The molecular formula is C18H22N6O4. The van der Waals surface area contributed by atoms with Crippen molar-refractivity contribution >= 4 is 23.1 Å². The Morgan fingerprint density at radius 2 is 2.00 bits per heavy atom. The zero-order valence-electron chi connectivity index (χ0n) is 15.9. The number of hydrogen-bond donors (Lipinski definition) is 1. The fourth-order valence-electron chi connectivity index (χ4n) is 3.72. The van der Waals surface area contributed by atoms with Gasteiger partial charge in [0, 0.05) is 39.6 Å². The zero-order chi connectivity index (χ0) is 19.8. The van der Waals surface area contributed by atoms with Crippen LogP contribution in [0.15, 0.2) is 9.59 Å². The smallest absolute Gasteiger partial charge is 0.333 e. The SMILES string of the molecule is CC#CCn1c(N2CCNCC2)nc2c1c(=O)n(C)c(=O)n2C1CCOC1=O. The van der Waals surface area contributed by atoms with Gasteiger partial charge < -0.3 is 15.0 Å². The highest BCUT2D eigenvalue weighted by Crippen LogP contribution is 2.25. The van der Waals surface area contributed by atoms with Gasteiger partial charge in [-0.1, -0.05) is 5.92 Å². The monoisotopic (exact) mass is 386 g/mol. The Bertz CT molecular complexity index is 1110. The van der Waals surface area contributed by atoms with Gasteiger partial charge in [0.1, 0.15) is 6.04 Å². The van der Waals surface area contributed by atoms with E-state index >= 15 is 0 Å². The van der Waals surface area contributed by atoms with E-state index < -0.39 is 23.3 Å². The van der Waals surface area contributed by atoms with E-state index in [9.17, 15) is 14.4 Å². The third kappa shape index (κ3) is 2.79. The highest BCUT2D eigenvalue weighted by molar-refractivity contribution is 5.80. The fourth-order valence-corrected chi connectivity index (χ4v) is 3.72. The lowest BCUT2D eigenvalue weighted by molar-refractivity contribution is -0.140. The standard InChI is InChI=1S/C18H22N6O4/c1-3-4-8-23-13-14(20-17(23)22-9-6-19-7-10-22)24(12-5-11-28-16(12)26)18(27)21(2)15(13)25/h12,19H,5-11H2,1-2H3. The largest absolute Gasteiger partial charge is 0.464 e. The first-order chi connectivity index (χ1) is 13.5. The number of rotatable bonds is 3. The number of carbonyl (C=O) groups excluding carboxylic acids is 1. The number of aromatic nitrogens is 4. The van der Waals surface area contributed by atoms with Gasteiger partial charge in [0.25, 0.3) is 5.56 Å². The molecule has 1 N–H and O–H groups in total.